The highest BCUT2D eigenvalue weighted by Gasteiger charge is 2.44. The van der Waals surface area contributed by atoms with Crippen LogP contribution in [-0.4, -0.2) is 24.4 Å². The minimum atomic E-state index is -0.140. The van der Waals surface area contributed by atoms with Gasteiger partial charge in [0, 0.05) is 25.1 Å². The summed E-state index contributed by atoms with van der Waals surface area (Å²) < 4.78 is 0. The van der Waals surface area contributed by atoms with Gasteiger partial charge in [0.25, 0.3) is 0 Å². The van der Waals surface area contributed by atoms with E-state index in [1.807, 2.05) is 12.1 Å². The van der Waals surface area contributed by atoms with E-state index in [1.165, 1.54) is 0 Å². The van der Waals surface area contributed by atoms with Crippen molar-refractivity contribution >= 4 is 5.71 Å². The van der Waals surface area contributed by atoms with Crippen LogP contribution >= 0.6 is 0 Å². The van der Waals surface area contributed by atoms with Crippen molar-refractivity contribution in [2.45, 2.75) is 12.0 Å². The summed E-state index contributed by atoms with van der Waals surface area (Å²) in [4.78, 5) is 5.39. The summed E-state index contributed by atoms with van der Waals surface area (Å²) in [6.07, 6.45) is 0.769. The van der Waals surface area contributed by atoms with Gasteiger partial charge in [-0.1, -0.05) is 17.1 Å². The van der Waals surface area contributed by atoms with Crippen LogP contribution in [0, 0.1) is 23.2 Å². The van der Waals surface area contributed by atoms with E-state index >= 15 is 0 Å². The Hall–Kier alpha value is -2.30. The van der Waals surface area contributed by atoms with E-state index in [9.17, 15) is 0 Å². The molecular formula is C14H11N3O. The minimum Gasteiger partial charge on any atom is -0.385 e. The van der Waals surface area contributed by atoms with E-state index in [1.54, 1.807) is 12.1 Å². The van der Waals surface area contributed by atoms with Gasteiger partial charge in [0.05, 0.1) is 11.6 Å². The highest BCUT2D eigenvalue weighted by Crippen LogP contribution is 2.27. The lowest BCUT2D eigenvalue weighted by molar-refractivity contribution is -0.0559. The first-order valence-corrected chi connectivity index (χ1v) is 5.78. The van der Waals surface area contributed by atoms with Crippen LogP contribution in [-0.2, 0) is 4.84 Å². The minimum absolute atomic E-state index is 0.140. The van der Waals surface area contributed by atoms with E-state index in [0.717, 1.165) is 30.8 Å². The van der Waals surface area contributed by atoms with Gasteiger partial charge < -0.3 is 10.2 Å². The van der Waals surface area contributed by atoms with Gasteiger partial charge in [0.2, 0.25) is 0 Å². The second kappa shape index (κ2) is 4.18. The fourth-order valence-corrected chi connectivity index (χ4v) is 1.99. The molecule has 0 amide bonds. The van der Waals surface area contributed by atoms with Gasteiger partial charge in [0.15, 0.2) is 5.60 Å². The number of nitrogens with zero attached hydrogens (tertiary/aromatic N) is 2. The van der Waals surface area contributed by atoms with E-state index in [2.05, 4.69) is 28.4 Å². The summed E-state index contributed by atoms with van der Waals surface area (Å²) in [5.74, 6) is 6.03. The van der Waals surface area contributed by atoms with Gasteiger partial charge in [0.1, 0.15) is 5.71 Å². The van der Waals surface area contributed by atoms with Crippen LogP contribution in [0.25, 0.3) is 0 Å². The summed E-state index contributed by atoms with van der Waals surface area (Å²) in [5, 5.41) is 16.0. The molecular weight excluding hydrogens is 226 g/mol. The van der Waals surface area contributed by atoms with Gasteiger partial charge in [-0.05, 0) is 24.1 Å². The molecule has 4 nitrogen and oxygen atoms in total. The SMILES string of the molecule is N#Cc1cccc(C#CC2=NOC3(CNC3)C2)c1. The molecule has 0 atom stereocenters. The first-order valence-electron chi connectivity index (χ1n) is 5.78. The summed E-state index contributed by atoms with van der Waals surface area (Å²) >= 11 is 0. The van der Waals surface area contributed by atoms with Gasteiger partial charge in [-0.2, -0.15) is 5.26 Å². The molecule has 2 aliphatic rings. The third-order valence-corrected chi connectivity index (χ3v) is 3.08. The molecule has 1 aromatic rings. The lowest BCUT2D eigenvalue weighted by atomic mass is 9.91. The first kappa shape index (κ1) is 10.8. The molecule has 0 aliphatic carbocycles. The molecule has 2 heterocycles. The Bertz CT molecular complexity index is 612. The number of hydrogen-bond acceptors (Lipinski definition) is 4. The zero-order chi connectivity index (χ0) is 12.4. The lowest BCUT2D eigenvalue weighted by Crippen LogP contribution is -2.59. The largest absolute Gasteiger partial charge is 0.385 e. The molecule has 1 spiro atoms. The van der Waals surface area contributed by atoms with Gasteiger partial charge >= 0.3 is 0 Å². The molecule has 2 aliphatic heterocycles. The number of hydrogen-bond donors (Lipinski definition) is 1. The van der Waals surface area contributed by atoms with Crippen LogP contribution in [0.2, 0.25) is 0 Å². The van der Waals surface area contributed by atoms with Crippen molar-refractivity contribution in [2.24, 2.45) is 5.16 Å². The van der Waals surface area contributed by atoms with Crippen LogP contribution in [0.4, 0.5) is 0 Å². The average Bonchev–Trinajstić information content (AvgIpc) is 2.81. The van der Waals surface area contributed by atoms with Crippen LogP contribution in [0.3, 0.4) is 0 Å². The molecule has 1 fully saturated rings. The molecule has 0 aromatic heterocycles. The molecule has 1 N–H and O–H groups in total. The standard InChI is InChI=1S/C14H11N3O/c15-8-12-3-1-2-11(6-12)4-5-13-7-14(18-17-13)9-16-10-14/h1-3,6,16H,7,9-10H2. The van der Waals surface area contributed by atoms with Gasteiger partial charge in [-0.25, -0.2) is 0 Å². The number of nitrogens with one attached hydrogen (secondary N) is 1. The molecule has 1 saturated heterocycles. The topological polar surface area (TPSA) is 57.4 Å². The summed E-state index contributed by atoms with van der Waals surface area (Å²) in [6.45, 7) is 1.68. The highest BCUT2D eigenvalue weighted by molar-refractivity contribution is 6.02. The van der Waals surface area contributed by atoms with Crippen molar-refractivity contribution in [1.82, 2.24) is 5.32 Å². The Balaban J connectivity index is 1.74. The maximum atomic E-state index is 8.80. The van der Waals surface area contributed by atoms with E-state index in [-0.39, 0.29) is 5.60 Å². The predicted octanol–water partition coefficient (Wildman–Crippen LogP) is 1.03. The predicted molar refractivity (Wildman–Crippen MR) is 66.8 cm³/mol. The molecule has 18 heavy (non-hydrogen) atoms. The third-order valence-electron chi connectivity index (χ3n) is 3.08. The second-order valence-electron chi connectivity index (χ2n) is 4.54. The summed E-state index contributed by atoms with van der Waals surface area (Å²) in [6, 6.07) is 9.33. The molecule has 0 radical (unpaired) electrons. The van der Waals surface area contributed by atoms with Crippen LogP contribution in [0.1, 0.15) is 17.5 Å². The Labute approximate surface area is 105 Å². The van der Waals surface area contributed by atoms with Crippen molar-refractivity contribution in [3.63, 3.8) is 0 Å². The molecule has 0 saturated carbocycles. The Morgan fingerprint density at radius 3 is 2.78 bits per heavy atom. The Kier molecular flexibility index (Phi) is 2.51. The zero-order valence-corrected chi connectivity index (χ0v) is 9.73. The molecule has 3 rings (SSSR count). The van der Waals surface area contributed by atoms with Crippen molar-refractivity contribution in [2.75, 3.05) is 13.1 Å². The monoisotopic (exact) mass is 237 g/mol. The van der Waals surface area contributed by atoms with Gasteiger partial charge in [-0.15, -0.1) is 0 Å². The molecule has 1 aromatic carbocycles. The number of nitriles is 1. The quantitative estimate of drug-likeness (QED) is 0.686. The van der Waals surface area contributed by atoms with Crippen molar-refractivity contribution in [1.29, 1.82) is 5.26 Å². The van der Waals surface area contributed by atoms with Crippen LogP contribution < -0.4 is 5.32 Å². The molecule has 0 bridgehead atoms. The summed E-state index contributed by atoms with van der Waals surface area (Å²) in [5.41, 5.74) is 2.08. The van der Waals surface area contributed by atoms with Crippen molar-refractivity contribution < 1.29 is 4.84 Å². The fraction of sp³-hybridized carbons (Fsp3) is 0.286. The fourth-order valence-electron chi connectivity index (χ4n) is 1.99. The Morgan fingerprint density at radius 1 is 1.28 bits per heavy atom. The van der Waals surface area contributed by atoms with Crippen LogP contribution in [0.15, 0.2) is 29.4 Å². The summed E-state index contributed by atoms with van der Waals surface area (Å²) in [7, 11) is 0. The van der Waals surface area contributed by atoms with Crippen LogP contribution in [0.5, 0.6) is 0 Å². The maximum Gasteiger partial charge on any atom is 0.168 e. The normalized spacial score (nSPS) is 18.9. The number of benzene rings is 1. The molecule has 88 valence electrons. The molecule has 0 unspecified atom stereocenters. The maximum absolute atomic E-state index is 8.80. The van der Waals surface area contributed by atoms with E-state index < -0.39 is 0 Å². The lowest BCUT2D eigenvalue weighted by Gasteiger charge is -2.35. The smallest absolute Gasteiger partial charge is 0.168 e. The Morgan fingerprint density at radius 2 is 2.11 bits per heavy atom. The average molecular weight is 237 g/mol. The highest BCUT2D eigenvalue weighted by atomic mass is 16.7. The molecule has 4 heteroatoms. The van der Waals surface area contributed by atoms with Crippen molar-refractivity contribution in [3.05, 3.63) is 35.4 Å². The first-order chi connectivity index (χ1) is 8.80. The third kappa shape index (κ3) is 1.95. The number of rotatable bonds is 0. The van der Waals surface area contributed by atoms with Gasteiger partial charge in [-0.3, -0.25) is 0 Å². The zero-order valence-electron chi connectivity index (χ0n) is 9.73. The number of oxime groups is 1. The van der Waals surface area contributed by atoms with Crippen molar-refractivity contribution in [3.8, 4) is 17.9 Å². The van der Waals surface area contributed by atoms with E-state index in [0.29, 0.717) is 5.56 Å². The van der Waals surface area contributed by atoms with E-state index in [4.69, 9.17) is 10.1 Å². The second-order valence-corrected chi connectivity index (χ2v) is 4.54.